The third-order valence-electron chi connectivity index (χ3n) is 2.88. The zero-order valence-corrected chi connectivity index (χ0v) is 9.88. The summed E-state index contributed by atoms with van der Waals surface area (Å²) in [6, 6.07) is 5.56. The van der Waals surface area contributed by atoms with Crippen molar-refractivity contribution in [1.29, 1.82) is 0 Å². The molecule has 3 nitrogen and oxygen atoms in total. The lowest BCUT2D eigenvalue weighted by molar-refractivity contribution is -0.120. The number of halogens is 1. The molecule has 1 unspecified atom stereocenters. The maximum Gasteiger partial charge on any atom is 0.154 e. The van der Waals surface area contributed by atoms with Crippen LogP contribution in [-0.4, -0.2) is 26.0 Å². The summed E-state index contributed by atoms with van der Waals surface area (Å²) in [5.41, 5.74) is 0.984. The van der Waals surface area contributed by atoms with Crippen molar-refractivity contribution in [2.75, 3.05) is 20.2 Å². The van der Waals surface area contributed by atoms with Gasteiger partial charge in [0.25, 0.3) is 0 Å². The van der Waals surface area contributed by atoms with Gasteiger partial charge in [0.15, 0.2) is 5.78 Å². The van der Waals surface area contributed by atoms with E-state index < -0.39 is 0 Å². The lowest BCUT2D eigenvalue weighted by Crippen LogP contribution is -2.35. The Kier molecular flexibility index (Phi) is 3.46. The molecule has 0 bridgehead atoms. The summed E-state index contributed by atoms with van der Waals surface area (Å²) in [6.45, 7) is 1.33. The predicted molar refractivity (Wildman–Crippen MR) is 63.2 cm³/mol. The minimum Gasteiger partial charge on any atom is -0.495 e. The summed E-state index contributed by atoms with van der Waals surface area (Å²) in [6.07, 6.45) is 0.835. The highest BCUT2D eigenvalue weighted by molar-refractivity contribution is 6.32. The van der Waals surface area contributed by atoms with E-state index in [0.717, 1.165) is 18.5 Å². The first-order chi connectivity index (χ1) is 7.72. The summed E-state index contributed by atoms with van der Waals surface area (Å²) >= 11 is 6.04. The Hall–Kier alpha value is -1.06. The summed E-state index contributed by atoms with van der Waals surface area (Å²) < 4.78 is 5.08. The number of rotatable bonds is 2. The fourth-order valence-electron chi connectivity index (χ4n) is 1.99. The van der Waals surface area contributed by atoms with Gasteiger partial charge >= 0.3 is 0 Å². The van der Waals surface area contributed by atoms with Crippen LogP contribution in [0.2, 0.25) is 5.02 Å². The van der Waals surface area contributed by atoms with Crippen molar-refractivity contribution in [2.45, 2.75) is 12.3 Å². The molecule has 1 saturated heterocycles. The third kappa shape index (κ3) is 2.20. The van der Waals surface area contributed by atoms with E-state index >= 15 is 0 Å². The van der Waals surface area contributed by atoms with E-state index in [4.69, 9.17) is 16.3 Å². The van der Waals surface area contributed by atoms with Gasteiger partial charge in [0.05, 0.1) is 18.7 Å². The molecule has 1 N–H and O–H groups in total. The Balaban J connectivity index is 2.26. The van der Waals surface area contributed by atoms with Gasteiger partial charge in [-0.25, -0.2) is 0 Å². The second-order valence-corrected chi connectivity index (χ2v) is 4.29. The number of benzene rings is 1. The number of Topliss-reactive ketones (excluding diaryl/α,β-unsaturated/α-hetero) is 1. The zero-order chi connectivity index (χ0) is 11.5. The highest BCUT2D eigenvalue weighted by Crippen LogP contribution is 2.30. The number of nitrogens with one attached hydrogen (secondary N) is 1. The van der Waals surface area contributed by atoms with Gasteiger partial charge in [0.1, 0.15) is 5.75 Å². The molecule has 1 aromatic carbocycles. The lowest BCUT2D eigenvalue weighted by atomic mass is 9.89. The van der Waals surface area contributed by atoms with Crippen LogP contribution in [0.4, 0.5) is 0 Å². The smallest absolute Gasteiger partial charge is 0.154 e. The van der Waals surface area contributed by atoms with Crippen LogP contribution in [0.5, 0.6) is 5.75 Å². The molecule has 86 valence electrons. The topological polar surface area (TPSA) is 38.3 Å². The van der Waals surface area contributed by atoms with Gasteiger partial charge in [-0.05, 0) is 30.7 Å². The van der Waals surface area contributed by atoms with Crippen LogP contribution in [0, 0.1) is 0 Å². The number of ketones is 1. The molecular formula is C12H14ClNO2. The molecule has 1 aromatic rings. The van der Waals surface area contributed by atoms with E-state index in [1.165, 1.54) is 0 Å². The maximum absolute atomic E-state index is 11.7. The quantitative estimate of drug-likeness (QED) is 0.858. The number of methoxy groups -OCH3 is 1. The molecule has 16 heavy (non-hydrogen) atoms. The van der Waals surface area contributed by atoms with Gasteiger partial charge < -0.3 is 10.1 Å². The summed E-state index contributed by atoms with van der Waals surface area (Å²) in [4.78, 5) is 11.7. The molecule has 1 fully saturated rings. The van der Waals surface area contributed by atoms with E-state index in [-0.39, 0.29) is 11.7 Å². The van der Waals surface area contributed by atoms with Crippen molar-refractivity contribution in [2.24, 2.45) is 0 Å². The van der Waals surface area contributed by atoms with Gasteiger partial charge in [0.2, 0.25) is 0 Å². The maximum atomic E-state index is 11.7. The Morgan fingerprint density at radius 3 is 2.94 bits per heavy atom. The Morgan fingerprint density at radius 2 is 2.31 bits per heavy atom. The minimum atomic E-state index is -0.0235. The fraction of sp³-hybridized carbons (Fsp3) is 0.417. The van der Waals surface area contributed by atoms with Crippen LogP contribution in [0.15, 0.2) is 18.2 Å². The molecule has 0 aliphatic carbocycles. The fourth-order valence-corrected chi connectivity index (χ4v) is 2.26. The van der Waals surface area contributed by atoms with Crippen molar-refractivity contribution in [3.05, 3.63) is 28.8 Å². The monoisotopic (exact) mass is 239 g/mol. The van der Waals surface area contributed by atoms with Crippen LogP contribution >= 0.6 is 11.6 Å². The van der Waals surface area contributed by atoms with Crippen molar-refractivity contribution in [3.63, 3.8) is 0 Å². The van der Waals surface area contributed by atoms with Crippen LogP contribution in [0.1, 0.15) is 17.9 Å². The van der Waals surface area contributed by atoms with Crippen molar-refractivity contribution >= 4 is 17.4 Å². The van der Waals surface area contributed by atoms with E-state index in [1.54, 1.807) is 7.11 Å². The van der Waals surface area contributed by atoms with E-state index in [1.807, 2.05) is 18.2 Å². The Labute approximate surface area is 99.7 Å². The van der Waals surface area contributed by atoms with Crippen molar-refractivity contribution < 1.29 is 9.53 Å². The lowest BCUT2D eigenvalue weighted by Gasteiger charge is -2.22. The molecule has 0 radical (unpaired) electrons. The SMILES string of the molecule is COc1ccc(C2CCNCC2=O)cc1Cl. The molecule has 1 atom stereocenters. The van der Waals surface area contributed by atoms with Gasteiger partial charge in [-0.3, -0.25) is 4.79 Å². The van der Waals surface area contributed by atoms with Gasteiger partial charge in [-0.2, -0.15) is 0 Å². The molecule has 0 amide bonds. The highest BCUT2D eigenvalue weighted by atomic mass is 35.5. The van der Waals surface area contributed by atoms with Crippen LogP contribution in [0.25, 0.3) is 0 Å². The summed E-state index contributed by atoms with van der Waals surface area (Å²) in [7, 11) is 1.58. The first-order valence-corrected chi connectivity index (χ1v) is 5.67. The van der Waals surface area contributed by atoms with E-state index in [0.29, 0.717) is 17.3 Å². The molecule has 0 spiro atoms. The third-order valence-corrected chi connectivity index (χ3v) is 3.17. The van der Waals surface area contributed by atoms with Gasteiger partial charge in [-0.15, -0.1) is 0 Å². The zero-order valence-electron chi connectivity index (χ0n) is 9.13. The minimum absolute atomic E-state index is 0.0235. The largest absolute Gasteiger partial charge is 0.495 e. The average Bonchev–Trinajstić information content (AvgIpc) is 2.29. The first kappa shape index (κ1) is 11.4. The number of carbonyl (C=O) groups is 1. The molecule has 0 saturated carbocycles. The van der Waals surface area contributed by atoms with E-state index in [2.05, 4.69) is 5.32 Å². The molecular weight excluding hydrogens is 226 g/mol. The highest BCUT2D eigenvalue weighted by Gasteiger charge is 2.24. The normalized spacial score (nSPS) is 20.9. The van der Waals surface area contributed by atoms with Crippen LogP contribution in [0.3, 0.4) is 0 Å². The number of carbonyl (C=O) groups excluding carboxylic acids is 1. The standard InChI is InChI=1S/C12H14ClNO2/c1-16-12-3-2-8(6-10(12)13)9-4-5-14-7-11(9)15/h2-3,6,9,14H,4-5,7H2,1H3. The number of piperidine rings is 1. The summed E-state index contributed by atoms with van der Waals surface area (Å²) in [5, 5.41) is 3.63. The summed E-state index contributed by atoms with van der Waals surface area (Å²) in [5.74, 6) is 0.851. The molecule has 1 aliphatic heterocycles. The number of hydrogen-bond donors (Lipinski definition) is 1. The van der Waals surface area contributed by atoms with E-state index in [9.17, 15) is 4.79 Å². The Bertz CT molecular complexity index is 406. The first-order valence-electron chi connectivity index (χ1n) is 5.29. The number of ether oxygens (including phenoxy) is 1. The van der Waals surface area contributed by atoms with Gasteiger partial charge in [0, 0.05) is 5.92 Å². The predicted octanol–water partition coefficient (Wildman–Crippen LogP) is 1.99. The second-order valence-electron chi connectivity index (χ2n) is 3.88. The average molecular weight is 240 g/mol. The van der Waals surface area contributed by atoms with Crippen LogP contribution in [-0.2, 0) is 4.79 Å². The number of hydrogen-bond acceptors (Lipinski definition) is 3. The van der Waals surface area contributed by atoms with Gasteiger partial charge in [-0.1, -0.05) is 17.7 Å². The second kappa shape index (κ2) is 4.85. The van der Waals surface area contributed by atoms with Crippen molar-refractivity contribution in [1.82, 2.24) is 5.32 Å². The Morgan fingerprint density at radius 1 is 1.50 bits per heavy atom. The molecule has 0 aromatic heterocycles. The molecule has 1 aliphatic rings. The molecule has 1 heterocycles. The molecule has 2 rings (SSSR count). The van der Waals surface area contributed by atoms with Crippen LogP contribution < -0.4 is 10.1 Å². The molecule has 4 heteroatoms. The van der Waals surface area contributed by atoms with Crippen molar-refractivity contribution in [3.8, 4) is 5.75 Å².